The maximum absolute atomic E-state index is 11.7. The van der Waals surface area contributed by atoms with E-state index < -0.39 is 5.97 Å². The molecule has 1 N–H and O–H groups in total. The summed E-state index contributed by atoms with van der Waals surface area (Å²) >= 11 is 0. The van der Waals surface area contributed by atoms with Crippen molar-refractivity contribution in [2.75, 3.05) is 0 Å². The minimum Gasteiger partial charge on any atom is -0.477 e. The molecule has 122 valence electrons. The number of carboxylic acids is 1. The lowest BCUT2D eigenvalue weighted by atomic mass is 10.1. The van der Waals surface area contributed by atoms with E-state index in [1.165, 1.54) is 4.52 Å². The molecule has 2 heterocycles. The molecule has 5 heteroatoms. The summed E-state index contributed by atoms with van der Waals surface area (Å²) in [4.78, 5) is 16.4. The predicted octanol–water partition coefficient (Wildman–Crippen LogP) is 4.07. The Balaban J connectivity index is 1.99. The number of hydrogen-bond donors (Lipinski definition) is 1. The van der Waals surface area contributed by atoms with Crippen molar-refractivity contribution in [3.8, 4) is 22.4 Å². The molecule has 0 bridgehead atoms. The second kappa shape index (κ2) is 5.87. The second-order valence-corrected chi connectivity index (χ2v) is 5.86. The zero-order valence-electron chi connectivity index (χ0n) is 13.5. The number of fused-ring (bicyclic) bond motifs is 1. The first kappa shape index (κ1) is 15.1. The topological polar surface area (TPSA) is 67.5 Å². The van der Waals surface area contributed by atoms with E-state index in [2.05, 4.69) is 5.10 Å². The summed E-state index contributed by atoms with van der Waals surface area (Å²) in [6.45, 7) is 2.01. The number of carboxylic acid groups (broad SMARTS) is 1. The molecule has 0 radical (unpaired) electrons. The Bertz CT molecular complexity index is 1070. The average molecular weight is 329 g/mol. The molecule has 4 rings (SSSR count). The summed E-state index contributed by atoms with van der Waals surface area (Å²) < 4.78 is 1.38. The molecule has 2 aromatic carbocycles. The van der Waals surface area contributed by atoms with E-state index in [0.29, 0.717) is 11.3 Å². The van der Waals surface area contributed by atoms with E-state index in [1.54, 1.807) is 12.3 Å². The van der Waals surface area contributed by atoms with Crippen LogP contribution in [0.4, 0.5) is 0 Å². The molecular formula is C20H15N3O2. The van der Waals surface area contributed by atoms with Crippen molar-refractivity contribution in [1.29, 1.82) is 0 Å². The van der Waals surface area contributed by atoms with Crippen molar-refractivity contribution in [2.24, 2.45) is 0 Å². The monoisotopic (exact) mass is 329 g/mol. The van der Waals surface area contributed by atoms with Crippen LogP contribution < -0.4 is 0 Å². The van der Waals surface area contributed by atoms with Crippen LogP contribution >= 0.6 is 0 Å². The van der Waals surface area contributed by atoms with Gasteiger partial charge in [-0.15, -0.1) is 0 Å². The predicted molar refractivity (Wildman–Crippen MR) is 95.6 cm³/mol. The van der Waals surface area contributed by atoms with Gasteiger partial charge in [0.2, 0.25) is 0 Å². The number of nitrogens with zero attached hydrogens (tertiary/aromatic N) is 3. The normalized spacial score (nSPS) is 10.9. The molecule has 4 aromatic rings. The molecule has 0 aliphatic rings. The Hall–Kier alpha value is -3.47. The first-order chi connectivity index (χ1) is 12.1. The summed E-state index contributed by atoms with van der Waals surface area (Å²) in [7, 11) is 0. The highest BCUT2D eigenvalue weighted by molar-refractivity contribution is 5.90. The molecule has 0 atom stereocenters. The van der Waals surface area contributed by atoms with Crippen LogP contribution in [0.15, 0.2) is 66.9 Å². The second-order valence-electron chi connectivity index (χ2n) is 5.86. The number of rotatable bonds is 3. The van der Waals surface area contributed by atoms with Gasteiger partial charge in [0.05, 0.1) is 11.9 Å². The third kappa shape index (κ3) is 2.65. The Morgan fingerprint density at radius 1 is 1.00 bits per heavy atom. The fraction of sp³-hybridized carbons (Fsp3) is 0.0500. The van der Waals surface area contributed by atoms with Crippen LogP contribution in [0.5, 0.6) is 0 Å². The lowest BCUT2D eigenvalue weighted by Gasteiger charge is -2.07. The summed E-state index contributed by atoms with van der Waals surface area (Å²) in [6, 6.07) is 19.1. The number of aryl methyl sites for hydroxylation is 1. The SMILES string of the molecule is Cc1ccc(-c2cc(C(=O)O)n3ncc(-c4ccccc4)c3n2)cc1. The summed E-state index contributed by atoms with van der Waals surface area (Å²) in [5, 5.41) is 13.8. The Morgan fingerprint density at radius 2 is 1.72 bits per heavy atom. The number of benzene rings is 2. The maximum atomic E-state index is 11.7. The Labute approximate surface area is 144 Å². The third-order valence-electron chi connectivity index (χ3n) is 4.12. The van der Waals surface area contributed by atoms with Crippen molar-refractivity contribution in [3.05, 3.63) is 78.1 Å². The van der Waals surface area contributed by atoms with Gasteiger partial charge in [0.1, 0.15) is 0 Å². The molecule has 5 nitrogen and oxygen atoms in total. The molecular weight excluding hydrogens is 314 g/mol. The summed E-state index contributed by atoms with van der Waals surface area (Å²) in [5.41, 5.74) is 4.99. The fourth-order valence-electron chi connectivity index (χ4n) is 2.81. The van der Waals surface area contributed by atoms with Gasteiger partial charge in [0.15, 0.2) is 11.3 Å². The van der Waals surface area contributed by atoms with Crippen molar-refractivity contribution in [2.45, 2.75) is 6.92 Å². The van der Waals surface area contributed by atoms with Gasteiger partial charge in [-0.05, 0) is 18.6 Å². The van der Waals surface area contributed by atoms with Gasteiger partial charge >= 0.3 is 5.97 Å². The molecule has 0 spiro atoms. The van der Waals surface area contributed by atoms with E-state index in [9.17, 15) is 9.90 Å². The molecule has 0 aliphatic carbocycles. The van der Waals surface area contributed by atoms with E-state index >= 15 is 0 Å². The molecule has 0 fully saturated rings. The van der Waals surface area contributed by atoms with Crippen LogP contribution in [0.1, 0.15) is 16.1 Å². The van der Waals surface area contributed by atoms with Crippen molar-refractivity contribution < 1.29 is 9.90 Å². The summed E-state index contributed by atoms with van der Waals surface area (Å²) in [6.07, 6.45) is 1.66. The lowest BCUT2D eigenvalue weighted by Crippen LogP contribution is -2.08. The summed E-state index contributed by atoms with van der Waals surface area (Å²) in [5.74, 6) is -1.04. The molecule has 0 aliphatic heterocycles. The zero-order valence-corrected chi connectivity index (χ0v) is 13.5. The van der Waals surface area contributed by atoms with Crippen LogP contribution in [0.25, 0.3) is 28.0 Å². The van der Waals surface area contributed by atoms with Gasteiger partial charge in [-0.25, -0.2) is 14.3 Å². The van der Waals surface area contributed by atoms with Gasteiger partial charge in [-0.3, -0.25) is 0 Å². The lowest BCUT2D eigenvalue weighted by molar-refractivity contribution is 0.0687. The van der Waals surface area contributed by atoms with Gasteiger partial charge in [0, 0.05) is 11.1 Å². The number of aromatic nitrogens is 3. The van der Waals surface area contributed by atoms with Gasteiger partial charge in [0.25, 0.3) is 0 Å². The highest BCUT2D eigenvalue weighted by atomic mass is 16.4. The number of carbonyl (C=O) groups is 1. The molecule has 0 saturated carbocycles. The molecule has 0 unspecified atom stereocenters. The minimum absolute atomic E-state index is 0.0859. The van der Waals surface area contributed by atoms with E-state index in [0.717, 1.165) is 22.3 Å². The first-order valence-corrected chi connectivity index (χ1v) is 7.88. The van der Waals surface area contributed by atoms with E-state index in [4.69, 9.17) is 4.98 Å². The number of hydrogen-bond acceptors (Lipinski definition) is 3. The van der Waals surface area contributed by atoms with Crippen molar-refractivity contribution in [3.63, 3.8) is 0 Å². The van der Waals surface area contributed by atoms with Gasteiger partial charge < -0.3 is 5.11 Å². The van der Waals surface area contributed by atoms with Crippen molar-refractivity contribution >= 4 is 11.6 Å². The zero-order chi connectivity index (χ0) is 17.4. The minimum atomic E-state index is -1.04. The quantitative estimate of drug-likeness (QED) is 0.615. The standard InChI is InChI=1S/C20H15N3O2/c1-13-7-9-15(10-8-13)17-11-18(20(24)25)23-19(22-17)16(12-21-23)14-5-3-2-4-6-14/h2-12H,1H3,(H,24,25). The molecule has 2 aromatic heterocycles. The first-order valence-electron chi connectivity index (χ1n) is 7.88. The van der Waals surface area contributed by atoms with Crippen molar-refractivity contribution in [1.82, 2.24) is 14.6 Å². The molecule has 25 heavy (non-hydrogen) atoms. The largest absolute Gasteiger partial charge is 0.477 e. The van der Waals surface area contributed by atoms with Gasteiger partial charge in [-0.1, -0.05) is 60.2 Å². The highest BCUT2D eigenvalue weighted by Gasteiger charge is 2.17. The fourth-order valence-corrected chi connectivity index (χ4v) is 2.81. The Kier molecular flexibility index (Phi) is 3.54. The number of aromatic carboxylic acids is 1. The highest BCUT2D eigenvalue weighted by Crippen LogP contribution is 2.27. The van der Waals surface area contributed by atoms with Crippen LogP contribution in [0.3, 0.4) is 0 Å². The van der Waals surface area contributed by atoms with E-state index in [-0.39, 0.29) is 5.69 Å². The van der Waals surface area contributed by atoms with Gasteiger partial charge in [-0.2, -0.15) is 5.10 Å². The van der Waals surface area contributed by atoms with E-state index in [1.807, 2.05) is 61.5 Å². The van der Waals surface area contributed by atoms with Crippen LogP contribution in [0, 0.1) is 6.92 Å². The van der Waals surface area contributed by atoms with Crippen LogP contribution in [-0.4, -0.2) is 25.7 Å². The average Bonchev–Trinajstić information content (AvgIpc) is 3.06. The molecule has 0 amide bonds. The molecule has 0 saturated heterocycles. The van der Waals surface area contributed by atoms with Crippen LogP contribution in [-0.2, 0) is 0 Å². The maximum Gasteiger partial charge on any atom is 0.354 e. The third-order valence-corrected chi connectivity index (χ3v) is 4.12. The Morgan fingerprint density at radius 3 is 2.40 bits per heavy atom. The smallest absolute Gasteiger partial charge is 0.354 e. The van der Waals surface area contributed by atoms with Crippen LogP contribution in [0.2, 0.25) is 0 Å².